The molecular formula is C31H45N5O5. The van der Waals surface area contributed by atoms with Gasteiger partial charge >= 0.3 is 0 Å². The molecule has 4 heterocycles. The summed E-state index contributed by atoms with van der Waals surface area (Å²) in [5.74, 6) is 0.522. The molecule has 1 aromatic carbocycles. The summed E-state index contributed by atoms with van der Waals surface area (Å²) in [5, 5.41) is 9.59. The molecule has 10 heteroatoms. The number of amides is 3. The quantitative estimate of drug-likeness (QED) is 0.439. The summed E-state index contributed by atoms with van der Waals surface area (Å²) in [6.45, 7) is 5.70. The van der Waals surface area contributed by atoms with Gasteiger partial charge in [0.25, 0.3) is 0 Å². The number of hydrogen-bond acceptors (Lipinski definition) is 7. The molecule has 3 saturated heterocycles. The Balaban J connectivity index is 1.25. The fraction of sp³-hybridized carbons (Fsp3) is 0.710. The molecule has 1 aliphatic carbocycles. The van der Waals surface area contributed by atoms with Gasteiger partial charge in [0, 0.05) is 44.3 Å². The number of fused-ring (bicyclic) bond motifs is 2. The van der Waals surface area contributed by atoms with Crippen molar-refractivity contribution in [2.75, 3.05) is 39.4 Å². The number of rotatable bonds is 8. The van der Waals surface area contributed by atoms with E-state index in [1.54, 1.807) is 4.90 Å². The normalized spacial score (nSPS) is 30.8. The van der Waals surface area contributed by atoms with E-state index in [0.29, 0.717) is 32.7 Å². The Hall–Kier alpha value is -2.69. The molecule has 0 bridgehead atoms. The SMILES string of the molecule is CCOC1CC2CN(C(=O)C(NC(=O)C3CCN3)C3CCCCC3)C(C(=O)N[C@@H]3CCOc4ccccc43)CN2C1. The summed E-state index contributed by atoms with van der Waals surface area (Å²) >= 11 is 0. The Morgan fingerprint density at radius 1 is 1.05 bits per heavy atom. The Labute approximate surface area is 242 Å². The highest BCUT2D eigenvalue weighted by Crippen LogP contribution is 2.34. The second kappa shape index (κ2) is 12.7. The second-order valence-electron chi connectivity index (χ2n) is 12.3. The van der Waals surface area contributed by atoms with Gasteiger partial charge < -0.3 is 30.3 Å². The van der Waals surface area contributed by atoms with Crippen molar-refractivity contribution in [3.8, 4) is 5.75 Å². The minimum Gasteiger partial charge on any atom is -0.493 e. The van der Waals surface area contributed by atoms with Crippen molar-refractivity contribution in [3.63, 3.8) is 0 Å². The van der Waals surface area contributed by atoms with Crippen LogP contribution in [0.4, 0.5) is 0 Å². The van der Waals surface area contributed by atoms with Gasteiger partial charge in [-0.25, -0.2) is 0 Å². The smallest absolute Gasteiger partial charge is 0.246 e. The average Bonchev–Trinajstić information content (AvgIpc) is 3.36. The standard InChI is InChI=1S/C31H45N5O5/c1-2-40-22-16-21-17-36(31(39)28(20-8-4-3-5-9-20)34-29(37)25-12-14-32-25)26(19-35(21)18-22)30(38)33-24-13-15-41-27-11-7-6-10-23(24)27/h6-7,10-11,20-22,24-26,28,32H,2-5,8-9,12-19H2,1H3,(H,33,38)(H,34,37)/t21?,22?,24-,25?,26?,28?/m1/s1. The van der Waals surface area contributed by atoms with Gasteiger partial charge in [-0.2, -0.15) is 0 Å². The molecule has 0 spiro atoms. The van der Waals surface area contributed by atoms with Crippen molar-refractivity contribution in [1.29, 1.82) is 0 Å². The first kappa shape index (κ1) is 28.4. The van der Waals surface area contributed by atoms with Gasteiger partial charge in [0.05, 0.1) is 24.8 Å². The van der Waals surface area contributed by atoms with E-state index in [0.717, 1.165) is 69.3 Å². The molecule has 6 rings (SSSR count). The molecule has 4 fully saturated rings. The minimum atomic E-state index is -0.640. The van der Waals surface area contributed by atoms with Crippen LogP contribution < -0.4 is 20.7 Å². The van der Waals surface area contributed by atoms with Gasteiger partial charge in [-0.05, 0) is 51.1 Å². The Morgan fingerprint density at radius 3 is 2.61 bits per heavy atom. The maximum absolute atomic E-state index is 14.5. The molecule has 0 aromatic heterocycles. The number of benzene rings is 1. The maximum atomic E-state index is 14.5. The topological polar surface area (TPSA) is 112 Å². The van der Waals surface area contributed by atoms with Crippen LogP contribution in [0.2, 0.25) is 0 Å². The number of carbonyl (C=O) groups excluding carboxylic acids is 3. The molecule has 3 amide bonds. The number of carbonyl (C=O) groups is 3. The zero-order valence-corrected chi connectivity index (χ0v) is 24.2. The molecule has 4 aliphatic heterocycles. The number of piperazine rings is 1. The van der Waals surface area contributed by atoms with Gasteiger partial charge in [0.15, 0.2) is 0 Å². The summed E-state index contributed by atoms with van der Waals surface area (Å²) in [6, 6.07) is 6.30. The second-order valence-corrected chi connectivity index (χ2v) is 12.3. The molecule has 1 saturated carbocycles. The van der Waals surface area contributed by atoms with E-state index in [4.69, 9.17) is 9.47 Å². The first-order valence-electron chi connectivity index (χ1n) is 15.7. The van der Waals surface area contributed by atoms with Crippen LogP contribution in [0.15, 0.2) is 24.3 Å². The Bertz CT molecular complexity index is 1110. The van der Waals surface area contributed by atoms with Crippen molar-refractivity contribution in [3.05, 3.63) is 29.8 Å². The molecule has 5 aliphatic rings. The molecule has 224 valence electrons. The summed E-state index contributed by atoms with van der Waals surface area (Å²) in [5.41, 5.74) is 0.969. The van der Waals surface area contributed by atoms with E-state index < -0.39 is 12.1 Å². The van der Waals surface area contributed by atoms with E-state index in [9.17, 15) is 14.4 Å². The maximum Gasteiger partial charge on any atom is 0.246 e. The molecule has 10 nitrogen and oxygen atoms in total. The van der Waals surface area contributed by atoms with Crippen LogP contribution in [-0.2, 0) is 19.1 Å². The highest BCUT2D eigenvalue weighted by atomic mass is 16.5. The summed E-state index contributed by atoms with van der Waals surface area (Å²) in [6.07, 6.45) is 7.52. The first-order chi connectivity index (χ1) is 20.0. The third-order valence-corrected chi connectivity index (χ3v) is 9.77. The van der Waals surface area contributed by atoms with Crippen molar-refractivity contribution in [2.45, 2.75) is 94.6 Å². The van der Waals surface area contributed by atoms with Crippen LogP contribution in [0.5, 0.6) is 5.75 Å². The predicted molar refractivity (Wildman–Crippen MR) is 153 cm³/mol. The van der Waals surface area contributed by atoms with Crippen LogP contribution in [0, 0.1) is 5.92 Å². The van der Waals surface area contributed by atoms with E-state index in [-0.39, 0.29) is 47.9 Å². The Morgan fingerprint density at radius 2 is 1.85 bits per heavy atom. The molecule has 6 atom stereocenters. The molecule has 5 unspecified atom stereocenters. The lowest BCUT2D eigenvalue weighted by Crippen LogP contribution is -2.67. The molecule has 41 heavy (non-hydrogen) atoms. The number of nitrogens with one attached hydrogen (secondary N) is 3. The van der Waals surface area contributed by atoms with Gasteiger partial charge in [-0.1, -0.05) is 37.5 Å². The average molecular weight is 568 g/mol. The van der Waals surface area contributed by atoms with Crippen LogP contribution >= 0.6 is 0 Å². The number of nitrogens with zero attached hydrogens (tertiary/aromatic N) is 2. The van der Waals surface area contributed by atoms with Crippen molar-refractivity contribution in [2.24, 2.45) is 5.92 Å². The van der Waals surface area contributed by atoms with E-state index in [1.165, 1.54) is 0 Å². The number of hydrogen-bond donors (Lipinski definition) is 3. The molecule has 3 N–H and O–H groups in total. The first-order valence-corrected chi connectivity index (χ1v) is 15.7. The fourth-order valence-electron chi connectivity index (χ4n) is 7.40. The minimum absolute atomic E-state index is 0.0872. The lowest BCUT2D eigenvalue weighted by molar-refractivity contribution is -0.150. The third kappa shape index (κ3) is 6.10. The van der Waals surface area contributed by atoms with Gasteiger partial charge in [-0.15, -0.1) is 0 Å². The highest BCUT2D eigenvalue weighted by molar-refractivity contribution is 5.94. The summed E-state index contributed by atoms with van der Waals surface area (Å²) < 4.78 is 11.8. The molecular weight excluding hydrogens is 522 g/mol. The zero-order chi connectivity index (χ0) is 28.3. The van der Waals surface area contributed by atoms with Crippen LogP contribution in [0.1, 0.15) is 69.9 Å². The van der Waals surface area contributed by atoms with Crippen LogP contribution in [0.25, 0.3) is 0 Å². The van der Waals surface area contributed by atoms with Crippen molar-refractivity contribution in [1.82, 2.24) is 25.8 Å². The summed E-state index contributed by atoms with van der Waals surface area (Å²) in [7, 11) is 0. The van der Waals surface area contributed by atoms with Crippen molar-refractivity contribution < 1.29 is 23.9 Å². The highest BCUT2D eigenvalue weighted by Gasteiger charge is 2.47. The summed E-state index contributed by atoms with van der Waals surface area (Å²) in [4.78, 5) is 45.8. The lowest BCUT2D eigenvalue weighted by Gasteiger charge is -2.45. The predicted octanol–water partition coefficient (Wildman–Crippen LogP) is 1.74. The van der Waals surface area contributed by atoms with E-state index in [2.05, 4.69) is 20.9 Å². The van der Waals surface area contributed by atoms with Gasteiger partial charge in [-0.3, -0.25) is 19.3 Å². The van der Waals surface area contributed by atoms with Gasteiger partial charge in [0.2, 0.25) is 17.7 Å². The fourth-order valence-corrected chi connectivity index (χ4v) is 7.40. The largest absolute Gasteiger partial charge is 0.493 e. The number of para-hydroxylation sites is 1. The lowest BCUT2D eigenvalue weighted by atomic mass is 9.82. The van der Waals surface area contributed by atoms with Crippen LogP contribution in [0.3, 0.4) is 0 Å². The zero-order valence-electron chi connectivity index (χ0n) is 24.2. The van der Waals surface area contributed by atoms with Crippen molar-refractivity contribution >= 4 is 17.7 Å². The van der Waals surface area contributed by atoms with Gasteiger partial charge in [0.1, 0.15) is 17.8 Å². The molecule has 0 radical (unpaired) electrons. The monoisotopic (exact) mass is 567 g/mol. The Kier molecular flexibility index (Phi) is 8.79. The van der Waals surface area contributed by atoms with E-state index >= 15 is 0 Å². The number of ether oxygens (including phenoxy) is 2. The van der Waals surface area contributed by atoms with Crippen LogP contribution in [-0.4, -0.2) is 97.2 Å². The van der Waals surface area contributed by atoms with E-state index in [1.807, 2.05) is 31.2 Å². The molecule has 1 aromatic rings. The third-order valence-electron chi connectivity index (χ3n) is 9.77.